The third kappa shape index (κ3) is 3.86. The van der Waals surface area contributed by atoms with Gasteiger partial charge < -0.3 is 4.43 Å². The van der Waals surface area contributed by atoms with Gasteiger partial charge in [-0.25, -0.2) is 0 Å². The van der Waals surface area contributed by atoms with E-state index in [0.717, 1.165) is 4.83 Å². The third-order valence-corrected chi connectivity index (χ3v) is 9.32. The zero-order valence-electron chi connectivity index (χ0n) is 10.8. The first-order chi connectivity index (χ1) is 6.72. The summed E-state index contributed by atoms with van der Waals surface area (Å²) in [6.45, 7) is 11.7. The van der Waals surface area contributed by atoms with Crippen molar-refractivity contribution < 1.29 is 4.43 Å². The Hall–Kier alpha value is 0.657. The van der Waals surface area contributed by atoms with Crippen molar-refractivity contribution in [2.75, 3.05) is 0 Å². The monoisotopic (exact) mass is 292 g/mol. The van der Waals surface area contributed by atoms with Gasteiger partial charge in [0.25, 0.3) is 0 Å². The first-order valence-corrected chi connectivity index (χ1v) is 9.86. The Kier molecular flexibility index (Phi) is 4.47. The van der Waals surface area contributed by atoms with E-state index in [1.54, 1.807) is 0 Å². The molecule has 3 heteroatoms. The minimum absolute atomic E-state index is 0.345. The molecule has 0 spiro atoms. The first-order valence-electron chi connectivity index (χ1n) is 6.04. The number of hydrogen-bond acceptors (Lipinski definition) is 1. The van der Waals surface area contributed by atoms with Crippen LogP contribution < -0.4 is 0 Å². The van der Waals surface area contributed by atoms with E-state index in [0.29, 0.717) is 11.1 Å². The second-order valence-electron chi connectivity index (χ2n) is 6.25. The topological polar surface area (TPSA) is 9.23 Å². The van der Waals surface area contributed by atoms with Gasteiger partial charge in [-0.3, -0.25) is 0 Å². The lowest BCUT2D eigenvalue weighted by Crippen LogP contribution is -2.44. The van der Waals surface area contributed by atoms with Crippen LogP contribution in [0.25, 0.3) is 0 Å². The molecule has 0 heterocycles. The molecule has 1 saturated carbocycles. The lowest BCUT2D eigenvalue weighted by atomic mass is 9.98. The first kappa shape index (κ1) is 13.7. The van der Waals surface area contributed by atoms with Gasteiger partial charge in [-0.15, -0.1) is 0 Å². The summed E-state index contributed by atoms with van der Waals surface area (Å²) in [5.74, 6) is 0. The molecule has 15 heavy (non-hydrogen) atoms. The summed E-state index contributed by atoms with van der Waals surface area (Å²) in [4.78, 5) is 0.733. The summed E-state index contributed by atoms with van der Waals surface area (Å²) < 4.78 is 6.41. The highest BCUT2D eigenvalue weighted by Crippen LogP contribution is 2.39. The highest BCUT2D eigenvalue weighted by molar-refractivity contribution is 9.09. The Morgan fingerprint density at radius 2 is 1.53 bits per heavy atom. The van der Waals surface area contributed by atoms with Crippen molar-refractivity contribution in [2.45, 2.75) is 75.5 Å². The second-order valence-corrected chi connectivity index (χ2v) is 12.3. The van der Waals surface area contributed by atoms with Crippen LogP contribution >= 0.6 is 15.9 Å². The zero-order chi connectivity index (χ0) is 11.7. The Morgan fingerprint density at radius 1 is 1.07 bits per heavy atom. The van der Waals surface area contributed by atoms with E-state index in [-0.39, 0.29) is 0 Å². The number of halogens is 1. The van der Waals surface area contributed by atoms with Crippen molar-refractivity contribution >= 4 is 24.2 Å². The van der Waals surface area contributed by atoms with Crippen molar-refractivity contribution in [3.8, 4) is 0 Å². The summed E-state index contributed by atoms with van der Waals surface area (Å²) in [6.07, 6.45) is 5.56. The van der Waals surface area contributed by atoms with Gasteiger partial charge in [0.1, 0.15) is 0 Å². The molecule has 90 valence electrons. The summed E-state index contributed by atoms with van der Waals surface area (Å²) in [5.41, 5.74) is 0. The van der Waals surface area contributed by atoms with Crippen molar-refractivity contribution in [2.24, 2.45) is 0 Å². The lowest BCUT2D eigenvalue weighted by Gasteiger charge is -2.40. The molecule has 0 atom stereocenters. The fourth-order valence-electron chi connectivity index (χ4n) is 1.73. The maximum Gasteiger partial charge on any atom is 0.192 e. The molecule has 0 bridgehead atoms. The average Bonchev–Trinajstić information content (AvgIpc) is 2.06. The van der Waals surface area contributed by atoms with E-state index in [1.807, 2.05) is 0 Å². The van der Waals surface area contributed by atoms with E-state index < -0.39 is 8.32 Å². The molecule has 1 rings (SSSR count). The van der Waals surface area contributed by atoms with Crippen molar-refractivity contribution in [1.29, 1.82) is 0 Å². The van der Waals surface area contributed by atoms with Gasteiger partial charge in [-0.1, -0.05) is 36.7 Å². The average molecular weight is 293 g/mol. The van der Waals surface area contributed by atoms with Crippen LogP contribution in [0.2, 0.25) is 18.1 Å². The summed E-state index contributed by atoms with van der Waals surface area (Å²) in [6, 6.07) is 0. The number of hydrogen-bond donors (Lipinski definition) is 0. The third-order valence-electron chi connectivity index (χ3n) is 3.87. The molecule has 0 aromatic rings. The summed E-state index contributed by atoms with van der Waals surface area (Å²) in [7, 11) is -1.53. The fraction of sp³-hybridized carbons (Fsp3) is 1.00. The van der Waals surface area contributed by atoms with E-state index in [4.69, 9.17) is 4.43 Å². The molecular weight excluding hydrogens is 268 g/mol. The van der Waals surface area contributed by atoms with Gasteiger partial charge in [0.15, 0.2) is 8.32 Å². The summed E-state index contributed by atoms with van der Waals surface area (Å²) in [5, 5.41) is 0.345. The molecular formula is C12H25BrOSi. The highest BCUT2D eigenvalue weighted by Gasteiger charge is 2.39. The quantitative estimate of drug-likeness (QED) is 0.529. The largest absolute Gasteiger partial charge is 0.414 e. The van der Waals surface area contributed by atoms with Crippen LogP contribution in [0.5, 0.6) is 0 Å². The second kappa shape index (κ2) is 4.88. The van der Waals surface area contributed by atoms with Gasteiger partial charge in [0, 0.05) is 10.9 Å². The fourth-order valence-corrected chi connectivity index (χ4v) is 3.68. The Labute approximate surface area is 104 Å². The Balaban J connectivity index is 2.48. The van der Waals surface area contributed by atoms with E-state index >= 15 is 0 Å². The maximum absolute atomic E-state index is 6.41. The molecule has 1 nitrogen and oxygen atoms in total. The predicted octanol–water partition coefficient (Wildman–Crippen LogP) is 4.71. The van der Waals surface area contributed by atoms with Crippen molar-refractivity contribution in [3.05, 3.63) is 0 Å². The molecule has 1 fully saturated rings. The van der Waals surface area contributed by atoms with Gasteiger partial charge >= 0.3 is 0 Å². The number of rotatable bonds is 2. The van der Waals surface area contributed by atoms with Crippen LogP contribution in [0.3, 0.4) is 0 Å². The van der Waals surface area contributed by atoms with Crippen molar-refractivity contribution in [1.82, 2.24) is 0 Å². The molecule has 0 radical (unpaired) electrons. The molecule has 0 aromatic heterocycles. The summed E-state index contributed by atoms with van der Waals surface area (Å²) >= 11 is 3.69. The van der Waals surface area contributed by atoms with Crippen LogP contribution in [0.1, 0.15) is 46.5 Å². The molecule has 0 amide bonds. The molecule has 1 aliphatic carbocycles. The van der Waals surface area contributed by atoms with Gasteiger partial charge in [-0.2, -0.15) is 0 Å². The lowest BCUT2D eigenvalue weighted by molar-refractivity contribution is 0.140. The standard InChI is InChI=1S/C12H25BrOSi/c1-12(2,3)15(4,5)14-11-8-6-10(13)7-9-11/h10-11H,6-9H2,1-5H3. The molecule has 0 saturated heterocycles. The number of alkyl halides is 1. The zero-order valence-corrected chi connectivity index (χ0v) is 13.4. The van der Waals surface area contributed by atoms with E-state index in [2.05, 4.69) is 49.8 Å². The molecule has 0 unspecified atom stereocenters. The van der Waals surface area contributed by atoms with Crippen LogP contribution in [0.4, 0.5) is 0 Å². The van der Waals surface area contributed by atoms with Crippen LogP contribution in [0.15, 0.2) is 0 Å². The molecule has 0 N–H and O–H groups in total. The maximum atomic E-state index is 6.41. The van der Waals surface area contributed by atoms with E-state index in [9.17, 15) is 0 Å². The Bertz CT molecular complexity index is 202. The SMILES string of the molecule is CC(C)(C)[Si](C)(C)OC1CCC(Br)CC1. The Morgan fingerprint density at radius 3 is 1.93 bits per heavy atom. The normalized spacial score (nSPS) is 29.2. The molecule has 1 aliphatic rings. The van der Waals surface area contributed by atoms with E-state index in [1.165, 1.54) is 25.7 Å². The minimum atomic E-state index is -1.53. The van der Waals surface area contributed by atoms with Crippen LogP contribution in [0, 0.1) is 0 Å². The van der Waals surface area contributed by atoms with Crippen molar-refractivity contribution in [3.63, 3.8) is 0 Å². The predicted molar refractivity (Wildman–Crippen MR) is 73.3 cm³/mol. The van der Waals surface area contributed by atoms with Gasteiger partial charge in [0.2, 0.25) is 0 Å². The smallest absolute Gasteiger partial charge is 0.192 e. The van der Waals surface area contributed by atoms with Gasteiger partial charge in [0.05, 0.1) is 0 Å². The van der Waals surface area contributed by atoms with Crippen LogP contribution in [-0.4, -0.2) is 19.2 Å². The molecule has 0 aromatic carbocycles. The van der Waals surface area contributed by atoms with Crippen LogP contribution in [-0.2, 0) is 4.43 Å². The van der Waals surface area contributed by atoms with Gasteiger partial charge in [-0.05, 0) is 43.8 Å². The highest BCUT2D eigenvalue weighted by atomic mass is 79.9. The minimum Gasteiger partial charge on any atom is -0.414 e. The molecule has 0 aliphatic heterocycles.